The molecule has 1 aromatic heterocycles. The summed E-state index contributed by atoms with van der Waals surface area (Å²) in [6.07, 6.45) is 1.29. The molecule has 11 heteroatoms. The second-order valence-corrected chi connectivity index (χ2v) is 7.89. The van der Waals surface area contributed by atoms with Gasteiger partial charge in [0.1, 0.15) is 17.3 Å². The van der Waals surface area contributed by atoms with Crippen LogP contribution in [-0.2, 0) is 0 Å². The average Bonchev–Trinajstić information content (AvgIpc) is 3.45. The van der Waals surface area contributed by atoms with Crippen LogP contribution in [-0.4, -0.2) is 22.6 Å². The zero-order valence-corrected chi connectivity index (χ0v) is 18.0. The van der Waals surface area contributed by atoms with Crippen molar-refractivity contribution in [2.45, 2.75) is 0 Å². The van der Waals surface area contributed by atoms with Crippen LogP contribution in [0.25, 0.3) is 11.3 Å². The first-order chi connectivity index (χ1) is 16.5. The molecule has 0 N–H and O–H groups in total. The van der Waals surface area contributed by atoms with Crippen molar-refractivity contribution in [1.29, 1.82) is 0 Å². The number of nitro benzene ring substituents is 1. The maximum atomic E-state index is 14.2. The summed E-state index contributed by atoms with van der Waals surface area (Å²) in [7, 11) is 0. The van der Waals surface area contributed by atoms with Crippen molar-refractivity contribution in [2.24, 2.45) is 10.1 Å². The molecule has 0 aliphatic carbocycles. The number of aromatic nitrogens is 1. The van der Waals surface area contributed by atoms with Crippen molar-refractivity contribution >= 4 is 28.9 Å². The van der Waals surface area contributed by atoms with Gasteiger partial charge in [0.15, 0.2) is 11.5 Å². The summed E-state index contributed by atoms with van der Waals surface area (Å²) in [5, 5.41) is 17.8. The molecule has 0 fully saturated rings. The number of hydrogen-bond acceptors (Lipinski definition) is 7. The van der Waals surface area contributed by atoms with Gasteiger partial charge in [-0.1, -0.05) is 12.1 Å². The Labute approximate surface area is 194 Å². The van der Waals surface area contributed by atoms with Gasteiger partial charge in [-0.2, -0.15) is 5.10 Å². The zero-order valence-electron chi connectivity index (χ0n) is 17.2. The summed E-state index contributed by atoms with van der Waals surface area (Å²) in [6.45, 7) is -0.0350. The Morgan fingerprint density at radius 1 is 1.06 bits per heavy atom. The molecular formula is C23H14F2N4O4S. The Kier molecular flexibility index (Phi) is 5.60. The number of thiazole rings is 1. The minimum Gasteiger partial charge on any atom is -0.454 e. The van der Waals surface area contributed by atoms with Crippen LogP contribution in [0, 0.1) is 21.7 Å². The lowest BCUT2D eigenvalue weighted by Crippen LogP contribution is -2.12. The predicted molar refractivity (Wildman–Crippen MR) is 122 cm³/mol. The lowest BCUT2D eigenvalue weighted by molar-refractivity contribution is -0.385. The fourth-order valence-corrected chi connectivity index (χ4v) is 4.13. The van der Waals surface area contributed by atoms with Gasteiger partial charge < -0.3 is 9.47 Å². The average molecular weight is 480 g/mol. The highest BCUT2D eigenvalue weighted by Gasteiger charge is 2.22. The van der Waals surface area contributed by atoms with E-state index in [-0.39, 0.29) is 29.5 Å². The van der Waals surface area contributed by atoms with Gasteiger partial charge in [-0.15, -0.1) is 11.3 Å². The molecule has 0 saturated carbocycles. The Hall–Kier alpha value is -4.38. The highest BCUT2D eigenvalue weighted by molar-refractivity contribution is 7.07. The van der Waals surface area contributed by atoms with Crippen LogP contribution in [0.5, 0.6) is 11.5 Å². The second kappa shape index (κ2) is 8.87. The third kappa shape index (κ3) is 4.16. The van der Waals surface area contributed by atoms with Crippen LogP contribution >= 0.6 is 11.3 Å². The van der Waals surface area contributed by atoms with Gasteiger partial charge in [0.25, 0.3) is 5.69 Å². The standard InChI is InChI=1S/C23H14F2N4O4S/c24-16-7-5-14(6-8-16)20-12-34-23(27-18-4-2-1-3-17(18)25)28(20)26-11-15-9-21-22(33-13-32-21)10-19(15)29(30)31/h1-12H,13H2. The quantitative estimate of drug-likeness (QED) is 0.222. The molecule has 8 nitrogen and oxygen atoms in total. The fraction of sp³-hybridized carbons (Fsp3) is 0.0435. The van der Waals surface area contributed by atoms with Crippen molar-refractivity contribution in [2.75, 3.05) is 6.79 Å². The number of fused-ring (bicyclic) bond motifs is 1. The first-order valence-electron chi connectivity index (χ1n) is 9.88. The maximum absolute atomic E-state index is 14.2. The lowest BCUT2D eigenvalue weighted by atomic mass is 10.1. The number of hydrogen-bond donors (Lipinski definition) is 0. The lowest BCUT2D eigenvalue weighted by Gasteiger charge is -2.05. The topological polar surface area (TPSA) is 91.2 Å². The van der Waals surface area contributed by atoms with Gasteiger partial charge in [0.2, 0.25) is 11.6 Å². The first kappa shape index (κ1) is 21.5. The normalized spacial score (nSPS) is 13.1. The van der Waals surface area contributed by atoms with E-state index in [1.165, 1.54) is 58.6 Å². The van der Waals surface area contributed by atoms with Crippen LogP contribution < -0.4 is 14.3 Å². The highest BCUT2D eigenvalue weighted by atomic mass is 32.1. The molecule has 0 amide bonds. The van der Waals surface area contributed by atoms with Crippen molar-refractivity contribution < 1.29 is 23.2 Å². The van der Waals surface area contributed by atoms with Crippen LogP contribution in [0.3, 0.4) is 0 Å². The van der Waals surface area contributed by atoms with Crippen LogP contribution in [0.2, 0.25) is 0 Å². The molecule has 0 spiro atoms. The van der Waals surface area contributed by atoms with E-state index in [9.17, 15) is 18.9 Å². The molecule has 1 aliphatic heterocycles. The van der Waals surface area contributed by atoms with Gasteiger partial charge >= 0.3 is 0 Å². The monoisotopic (exact) mass is 480 g/mol. The summed E-state index contributed by atoms with van der Waals surface area (Å²) in [5.41, 5.74) is 1.23. The summed E-state index contributed by atoms with van der Waals surface area (Å²) in [5.74, 6) is -0.283. The molecule has 0 saturated heterocycles. The van der Waals surface area contributed by atoms with E-state index in [4.69, 9.17) is 9.47 Å². The first-order valence-corrected chi connectivity index (χ1v) is 10.8. The van der Waals surface area contributed by atoms with E-state index in [0.717, 1.165) is 0 Å². The van der Waals surface area contributed by atoms with E-state index in [1.807, 2.05) is 0 Å². The zero-order chi connectivity index (χ0) is 23.7. The van der Waals surface area contributed by atoms with Crippen LogP contribution in [0.4, 0.5) is 20.2 Å². The van der Waals surface area contributed by atoms with Gasteiger partial charge in [0.05, 0.1) is 28.5 Å². The number of para-hydroxylation sites is 1. The number of nitrogens with zero attached hydrogens (tertiary/aromatic N) is 4. The van der Waals surface area contributed by atoms with E-state index in [1.54, 1.807) is 29.6 Å². The minimum absolute atomic E-state index is 0.0350. The van der Waals surface area contributed by atoms with Crippen molar-refractivity contribution in [3.05, 3.63) is 98.2 Å². The minimum atomic E-state index is -0.548. The second-order valence-electron chi connectivity index (χ2n) is 7.05. The Balaban J connectivity index is 1.66. The largest absolute Gasteiger partial charge is 0.454 e. The third-order valence-corrected chi connectivity index (χ3v) is 5.74. The van der Waals surface area contributed by atoms with E-state index < -0.39 is 16.6 Å². The summed E-state index contributed by atoms with van der Waals surface area (Å²) >= 11 is 1.19. The van der Waals surface area contributed by atoms with Crippen molar-refractivity contribution in [3.8, 4) is 22.8 Å². The van der Waals surface area contributed by atoms with Crippen LogP contribution in [0.1, 0.15) is 5.56 Å². The molecule has 170 valence electrons. The van der Waals surface area contributed by atoms with Crippen molar-refractivity contribution in [3.63, 3.8) is 0 Å². The SMILES string of the molecule is O=[N+]([O-])c1cc2c(cc1C=Nn1c(-c3ccc(F)cc3)csc1=Nc1ccccc1F)OCO2. The number of nitro groups is 1. The number of ether oxygens (including phenoxy) is 2. The smallest absolute Gasteiger partial charge is 0.282 e. The highest BCUT2D eigenvalue weighted by Crippen LogP contribution is 2.37. The van der Waals surface area contributed by atoms with Crippen molar-refractivity contribution in [1.82, 2.24) is 4.68 Å². The molecule has 1 aliphatic rings. The molecule has 0 radical (unpaired) electrons. The van der Waals surface area contributed by atoms with E-state index in [2.05, 4.69) is 10.1 Å². The predicted octanol–water partition coefficient (Wildman–Crippen LogP) is 5.25. The molecule has 34 heavy (non-hydrogen) atoms. The van der Waals surface area contributed by atoms with Gasteiger partial charge in [0, 0.05) is 10.9 Å². The number of halogens is 2. The third-order valence-electron chi connectivity index (χ3n) is 4.92. The summed E-state index contributed by atoms with van der Waals surface area (Å²) in [6, 6.07) is 14.5. The Morgan fingerprint density at radius 2 is 1.79 bits per heavy atom. The van der Waals surface area contributed by atoms with E-state index >= 15 is 0 Å². The molecule has 0 atom stereocenters. The van der Waals surface area contributed by atoms with Gasteiger partial charge in [-0.25, -0.2) is 18.4 Å². The molecule has 2 heterocycles. The van der Waals surface area contributed by atoms with Gasteiger partial charge in [-0.05, 0) is 42.5 Å². The summed E-state index contributed by atoms with van der Waals surface area (Å²) < 4.78 is 39.6. The van der Waals surface area contributed by atoms with E-state index in [0.29, 0.717) is 21.8 Å². The molecule has 3 aromatic carbocycles. The molecule has 0 unspecified atom stereocenters. The van der Waals surface area contributed by atoms with Crippen LogP contribution in [0.15, 0.2) is 76.1 Å². The molecular weight excluding hydrogens is 466 g/mol. The Morgan fingerprint density at radius 3 is 2.53 bits per heavy atom. The molecule has 0 bridgehead atoms. The maximum Gasteiger partial charge on any atom is 0.282 e. The van der Waals surface area contributed by atoms with Gasteiger partial charge in [-0.3, -0.25) is 10.1 Å². The number of rotatable bonds is 5. The number of benzene rings is 3. The molecule has 4 aromatic rings. The fourth-order valence-electron chi connectivity index (χ4n) is 3.28. The Bertz CT molecular complexity index is 1500. The summed E-state index contributed by atoms with van der Waals surface area (Å²) in [4.78, 5) is 15.7. The molecule has 5 rings (SSSR count).